The summed E-state index contributed by atoms with van der Waals surface area (Å²) in [7, 11) is 0. The van der Waals surface area contributed by atoms with E-state index in [-0.39, 0.29) is 17.6 Å². The molecule has 0 bridgehead atoms. The van der Waals surface area contributed by atoms with Gasteiger partial charge >= 0.3 is 0 Å². The zero-order valence-electron chi connectivity index (χ0n) is 16.2. The second-order valence-electron chi connectivity index (χ2n) is 7.36. The van der Waals surface area contributed by atoms with Crippen LogP contribution in [0.1, 0.15) is 6.42 Å². The highest BCUT2D eigenvalue weighted by Gasteiger charge is 2.50. The smallest absolute Gasteiger partial charge is 0.230 e. The predicted molar refractivity (Wildman–Crippen MR) is 121 cm³/mol. The Morgan fingerprint density at radius 3 is 2.74 bits per heavy atom. The molecule has 5 atom stereocenters. The van der Waals surface area contributed by atoms with Crippen molar-refractivity contribution in [1.82, 2.24) is 14.8 Å². The first-order valence-corrected chi connectivity index (χ1v) is 11.5. The van der Waals surface area contributed by atoms with E-state index in [1.165, 1.54) is 23.1 Å². The Morgan fingerprint density at radius 1 is 1.19 bits per heavy atom. The van der Waals surface area contributed by atoms with Crippen molar-refractivity contribution in [3.63, 3.8) is 0 Å². The molecule has 2 aliphatic rings. The van der Waals surface area contributed by atoms with E-state index >= 15 is 0 Å². The van der Waals surface area contributed by atoms with E-state index in [0.29, 0.717) is 10.3 Å². The fraction of sp³-hybridized carbons (Fsp3) is 0.300. The largest absolute Gasteiger partial charge is 0.390 e. The molecule has 3 heterocycles. The Hall–Kier alpha value is -2.73. The van der Waals surface area contributed by atoms with Crippen LogP contribution in [0.15, 0.2) is 59.3 Å². The van der Waals surface area contributed by atoms with Crippen molar-refractivity contribution >= 4 is 45.0 Å². The van der Waals surface area contributed by atoms with Crippen LogP contribution >= 0.6 is 23.1 Å². The number of nitrogens with zero attached hydrogens (tertiary/aromatic N) is 4. The Labute approximate surface area is 186 Å². The zero-order valence-corrected chi connectivity index (χ0v) is 17.8. The number of carbonyl (C=O) groups is 1. The number of thioether (sulfide) groups is 1. The van der Waals surface area contributed by atoms with E-state index in [0.717, 1.165) is 11.4 Å². The number of aromatic nitrogens is 3. The minimum Gasteiger partial charge on any atom is -0.390 e. The maximum Gasteiger partial charge on any atom is 0.230 e. The van der Waals surface area contributed by atoms with Crippen LogP contribution in [0.4, 0.5) is 10.8 Å². The topological polar surface area (TPSA) is 125 Å². The van der Waals surface area contributed by atoms with Crippen molar-refractivity contribution in [2.24, 2.45) is 10.9 Å². The van der Waals surface area contributed by atoms with Crippen LogP contribution in [0, 0.1) is 5.92 Å². The van der Waals surface area contributed by atoms with Crippen LogP contribution in [0.2, 0.25) is 0 Å². The van der Waals surface area contributed by atoms with Crippen molar-refractivity contribution in [2.45, 2.75) is 29.9 Å². The highest BCUT2D eigenvalue weighted by molar-refractivity contribution is 8.15. The van der Waals surface area contributed by atoms with Gasteiger partial charge in [0.15, 0.2) is 10.3 Å². The molecule has 1 aliphatic carbocycles. The number of nitrogens with one attached hydrogen (secondary N) is 2. The van der Waals surface area contributed by atoms with Gasteiger partial charge in [0.05, 0.1) is 23.8 Å². The van der Waals surface area contributed by atoms with E-state index < -0.39 is 24.2 Å². The monoisotopic (exact) mass is 456 g/mol. The average molecular weight is 457 g/mol. The molecule has 1 aromatic carbocycles. The van der Waals surface area contributed by atoms with Gasteiger partial charge < -0.3 is 20.8 Å². The highest BCUT2D eigenvalue weighted by atomic mass is 32.2. The number of benzene rings is 1. The molecule has 1 saturated carbocycles. The Kier molecular flexibility index (Phi) is 5.48. The van der Waals surface area contributed by atoms with Crippen LogP contribution < -0.4 is 10.6 Å². The molecule has 9 nitrogen and oxygen atoms in total. The minimum absolute atomic E-state index is 0.175. The summed E-state index contributed by atoms with van der Waals surface area (Å²) in [6, 6.07) is 9.00. The number of aliphatic hydroxyl groups excluding tert-OH is 2. The van der Waals surface area contributed by atoms with Gasteiger partial charge in [-0.05, 0) is 36.8 Å². The first kappa shape index (κ1) is 20.2. The van der Waals surface area contributed by atoms with Gasteiger partial charge in [-0.15, -0.1) is 11.3 Å². The number of amides is 1. The number of anilines is 2. The van der Waals surface area contributed by atoms with E-state index in [4.69, 9.17) is 0 Å². The number of rotatable bonds is 4. The van der Waals surface area contributed by atoms with Crippen molar-refractivity contribution in [3.8, 4) is 5.69 Å². The number of aliphatic hydroxyl groups is 2. The summed E-state index contributed by atoms with van der Waals surface area (Å²) in [4.78, 5) is 21.5. The lowest BCUT2D eigenvalue weighted by atomic mass is 9.81. The number of hydrogen-bond donors (Lipinski definition) is 4. The van der Waals surface area contributed by atoms with Crippen molar-refractivity contribution in [3.05, 3.63) is 54.3 Å². The second-order valence-corrected chi connectivity index (χ2v) is 9.42. The molecule has 2 aromatic heterocycles. The van der Waals surface area contributed by atoms with Crippen LogP contribution in [0.25, 0.3) is 5.69 Å². The molecular weight excluding hydrogens is 436 g/mol. The molecular formula is C20H20N6O3S2. The summed E-state index contributed by atoms with van der Waals surface area (Å²) < 4.78 is 1.77. The number of thiazole rings is 1. The van der Waals surface area contributed by atoms with Gasteiger partial charge in [0.25, 0.3) is 0 Å². The number of amidine groups is 1. The van der Waals surface area contributed by atoms with Crippen LogP contribution in [0.3, 0.4) is 0 Å². The van der Waals surface area contributed by atoms with E-state index in [2.05, 4.69) is 25.7 Å². The Balaban J connectivity index is 1.30. The summed E-state index contributed by atoms with van der Waals surface area (Å²) in [5.41, 5.74) is 1.77. The number of aliphatic imine (C=N–C) groups is 1. The molecule has 3 aromatic rings. The summed E-state index contributed by atoms with van der Waals surface area (Å²) >= 11 is 2.75. The van der Waals surface area contributed by atoms with Gasteiger partial charge in [-0.2, -0.15) is 5.10 Å². The van der Waals surface area contributed by atoms with Crippen LogP contribution in [0.5, 0.6) is 0 Å². The van der Waals surface area contributed by atoms with Gasteiger partial charge in [-0.3, -0.25) is 9.79 Å². The maximum atomic E-state index is 12.8. The van der Waals surface area contributed by atoms with Gasteiger partial charge in [-0.25, -0.2) is 9.67 Å². The lowest BCUT2D eigenvalue weighted by Gasteiger charge is -2.37. The fourth-order valence-corrected chi connectivity index (χ4v) is 5.74. The zero-order chi connectivity index (χ0) is 21.4. The Morgan fingerprint density at radius 2 is 2.03 bits per heavy atom. The third-order valence-corrected chi connectivity index (χ3v) is 7.37. The van der Waals surface area contributed by atoms with Crippen LogP contribution in [-0.4, -0.2) is 59.6 Å². The second kappa shape index (κ2) is 8.42. The minimum atomic E-state index is -1.01. The van der Waals surface area contributed by atoms with E-state index in [1.807, 2.05) is 36.5 Å². The highest BCUT2D eigenvalue weighted by Crippen LogP contribution is 2.42. The molecule has 5 rings (SSSR count). The molecule has 1 fully saturated rings. The van der Waals surface area contributed by atoms with Crippen molar-refractivity contribution in [1.29, 1.82) is 0 Å². The molecule has 11 heteroatoms. The summed E-state index contributed by atoms with van der Waals surface area (Å²) in [6.45, 7) is 0. The number of fused-ring (bicyclic) bond motifs is 1. The van der Waals surface area contributed by atoms with Gasteiger partial charge in [0.2, 0.25) is 5.91 Å². The first-order chi connectivity index (χ1) is 15.1. The molecule has 0 saturated heterocycles. The number of hydrogen-bond acceptors (Lipinski definition) is 9. The molecule has 160 valence electrons. The molecule has 1 aliphatic heterocycles. The molecule has 0 spiro atoms. The summed E-state index contributed by atoms with van der Waals surface area (Å²) in [5.74, 6) is -0.717. The SMILES string of the molecule is O=C(Nc1nccs1)[C@H]1C[C@@H](O)[C@H](O)[C@@H]2N=C(Nc3ccc(-n4cccn4)cc3)S[C@@H]21. The third kappa shape index (κ3) is 4.09. The van der Waals surface area contributed by atoms with E-state index in [9.17, 15) is 15.0 Å². The molecule has 0 radical (unpaired) electrons. The molecule has 4 N–H and O–H groups in total. The van der Waals surface area contributed by atoms with Crippen LogP contribution in [-0.2, 0) is 4.79 Å². The van der Waals surface area contributed by atoms with Crippen molar-refractivity contribution in [2.75, 3.05) is 10.6 Å². The molecule has 31 heavy (non-hydrogen) atoms. The quantitative estimate of drug-likeness (QED) is 0.473. The van der Waals surface area contributed by atoms with Gasteiger partial charge in [-0.1, -0.05) is 11.8 Å². The third-order valence-electron chi connectivity index (χ3n) is 5.37. The molecule has 1 amide bonds. The lowest BCUT2D eigenvalue weighted by Crippen LogP contribution is -2.52. The first-order valence-electron chi connectivity index (χ1n) is 9.76. The average Bonchev–Trinajstić information content (AvgIpc) is 3.53. The standard InChI is InChI=1S/C20H20N6O3S2/c27-14-10-13(18(29)25-19-21-7-9-30-19)17-15(16(14)28)24-20(31-17)23-11-2-4-12(5-3-11)26-8-1-6-22-26/h1-9,13-17,27-28H,10H2,(H,23,24)(H,21,25,29)/t13-,14+,15-,16-,17+/m0/s1. The van der Waals surface area contributed by atoms with Gasteiger partial charge in [0, 0.05) is 34.9 Å². The van der Waals surface area contributed by atoms with E-state index in [1.54, 1.807) is 22.5 Å². The predicted octanol–water partition coefficient (Wildman–Crippen LogP) is 1.96. The summed E-state index contributed by atoms with van der Waals surface area (Å²) in [5, 5.41) is 33.7. The fourth-order valence-electron chi connectivity index (χ4n) is 3.83. The van der Waals surface area contributed by atoms with Crippen molar-refractivity contribution < 1.29 is 15.0 Å². The Bertz CT molecular complexity index is 1070. The molecule has 0 unspecified atom stereocenters. The summed E-state index contributed by atoms with van der Waals surface area (Å²) in [6.07, 6.45) is 3.36. The normalized spacial score (nSPS) is 27.4. The maximum absolute atomic E-state index is 12.8. The van der Waals surface area contributed by atoms with Gasteiger partial charge in [0.1, 0.15) is 6.10 Å². The lowest BCUT2D eigenvalue weighted by molar-refractivity contribution is -0.124. The number of carbonyl (C=O) groups excluding carboxylic acids is 1.